The summed E-state index contributed by atoms with van der Waals surface area (Å²) in [6, 6.07) is 7.82. The second-order valence-corrected chi connectivity index (χ2v) is 7.12. The zero-order valence-electron chi connectivity index (χ0n) is 15.4. The first-order valence-electron chi connectivity index (χ1n) is 9.01. The topological polar surface area (TPSA) is 50.1 Å². The van der Waals surface area contributed by atoms with Gasteiger partial charge in [-0.3, -0.25) is 0 Å². The van der Waals surface area contributed by atoms with E-state index in [9.17, 15) is 0 Å². The van der Waals surface area contributed by atoms with Crippen LogP contribution in [0, 0.1) is 6.92 Å². The third kappa shape index (κ3) is 2.93. The maximum atomic E-state index is 6.45. The lowest BCUT2D eigenvalue weighted by Gasteiger charge is -2.33. The van der Waals surface area contributed by atoms with Crippen molar-refractivity contribution in [1.29, 1.82) is 0 Å². The van der Waals surface area contributed by atoms with Gasteiger partial charge in [0.25, 0.3) is 0 Å². The zero-order valence-corrected chi connectivity index (χ0v) is 16.2. The summed E-state index contributed by atoms with van der Waals surface area (Å²) in [7, 11) is 2.15. The van der Waals surface area contributed by atoms with Gasteiger partial charge in [-0.25, -0.2) is 15.0 Å². The number of anilines is 1. The molecule has 3 heterocycles. The van der Waals surface area contributed by atoms with Gasteiger partial charge in [-0.05, 0) is 33.0 Å². The van der Waals surface area contributed by atoms with E-state index in [-0.39, 0.29) is 0 Å². The fourth-order valence-electron chi connectivity index (χ4n) is 3.48. The van der Waals surface area contributed by atoms with Crippen molar-refractivity contribution < 1.29 is 0 Å². The van der Waals surface area contributed by atoms with Crippen LogP contribution in [0.15, 0.2) is 24.3 Å². The van der Waals surface area contributed by atoms with Crippen LogP contribution in [0.2, 0.25) is 5.02 Å². The standard InChI is InChI=1S/C19H23ClN6/c1-4-26-17(14-7-5-6-8-15(14)20)23-16-18(21-13(2)22-19(16)26)25-11-9-24(3)10-12-25/h5-8H,4,9-12H2,1-3H3. The van der Waals surface area contributed by atoms with Crippen LogP contribution in [0.4, 0.5) is 5.82 Å². The van der Waals surface area contributed by atoms with E-state index < -0.39 is 0 Å². The lowest BCUT2D eigenvalue weighted by molar-refractivity contribution is 0.312. The van der Waals surface area contributed by atoms with E-state index in [1.165, 1.54) is 0 Å². The minimum absolute atomic E-state index is 0.698. The van der Waals surface area contributed by atoms with E-state index in [1.807, 2.05) is 31.2 Å². The Bertz CT molecular complexity index is 943. The van der Waals surface area contributed by atoms with Gasteiger partial charge in [0, 0.05) is 38.3 Å². The second kappa shape index (κ2) is 6.85. The number of hydrogen-bond acceptors (Lipinski definition) is 5. The number of nitrogens with zero attached hydrogens (tertiary/aromatic N) is 6. The molecule has 0 atom stereocenters. The minimum Gasteiger partial charge on any atom is -0.352 e. The van der Waals surface area contributed by atoms with Crippen LogP contribution in [0.5, 0.6) is 0 Å². The van der Waals surface area contributed by atoms with E-state index >= 15 is 0 Å². The number of likely N-dealkylation sites (N-methyl/N-ethyl adjacent to an activating group) is 1. The molecule has 1 aliphatic rings. The van der Waals surface area contributed by atoms with Crippen molar-refractivity contribution in [3.05, 3.63) is 35.1 Å². The molecular formula is C19H23ClN6. The predicted molar refractivity (Wildman–Crippen MR) is 106 cm³/mol. The maximum Gasteiger partial charge on any atom is 0.166 e. The molecule has 6 nitrogen and oxygen atoms in total. The molecule has 0 spiro atoms. The number of piperazine rings is 1. The average Bonchev–Trinajstić information content (AvgIpc) is 3.00. The van der Waals surface area contributed by atoms with Crippen LogP contribution in [0.3, 0.4) is 0 Å². The Labute approximate surface area is 158 Å². The van der Waals surface area contributed by atoms with Crippen molar-refractivity contribution in [2.45, 2.75) is 20.4 Å². The van der Waals surface area contributed by atoms with Crippen molar-refractivity contribution in [3.63, 3.8) is 0 Å². The molecule has 0 bridgehead atoms. The second-order valence-electron chi connectivity index (χ2n) is 6.72. The van der Waals surface area contributed by atoms with E-state index in [2.05, 4.69) is 28.3 Å². The van der Waals surface area contributed by atoms with Crippen molar-refractivity contribution in [3.8, 4) is 11.4 Å². The van der Waals surface area contributed by atoms with Crippen molar-refractivity contribution in [2.24, 2.45) is 0 Å². The van der Waals surface area contributed by atoms with Gasteiger partial charge in [-0.1, -0.05) is 23.7 Å². The molecule has 1 fully saturated rings. The Morgan fingerprint density at radius 3 is 2.46 bits per heavy atom. The monoisotopic (exact) mass is 370 g/mol. The Hall–Kier alpha value is -2.18. The number of halogens is 1. The van der Waals surface area contributed by atoms with Gasteiger partial charge < -0.3 is 14.4 Å². The van der Waals surface area contributed by atoms with Crippen LogP contribution < -0.4 is 4.90 Å². The number of rotatable bonds is 3. The molecule has 0 saturated carbocycles. The SMILES string of the molecule is CCn1c(-c2ccccc2Cl)nc2c(N3CCN(C)CC3)nc(C)nc21. The third-order valence-corrected chi connectivity index (χ3v) is 5.25. The van der Waals surface area contributed by atoms with Crippen molar-refractivity contribution >= 4 is 28.6 Å². The predicted octanol–water partition coefficient (Wildman–Crippen LogP) is 3.23. The molecule has 136 valence electrons. The summed E-state index contributed by atoms with van der Waals surface area (Å²) in [5.41, 5.74) is 2.66. The fourth-order valence-corrected chi connectivity index (χ4v) is 3.70. The van der Waals surface area contributed by atoms with Crippen molar-refractivity contribution in [1.82, 2.24) is 24.4 Å². The van der Waals surface area contributed by atoms with Gasteiger partial charge in [0.1, 0.15) is 11.6 Å². The van der Waals surface area contributed by atoms with Gasteiger partial charge in [0.15, 0.2) is 17.0 Å². The summed E-state index contributed by atoms with van der Waals surface area (Å²) in [6.45, 7) is 8.77. The number of fused-ring (bicyclic) bond motifs is 1. The van der Waals surface area contributed by atoms with Gasteiger partial charge in [0.2, 0.25) is 0 Å². The first-order chi connectivity index (χ1) is 12.6. The van der Waals surface area contributed by atoms with Crippen LogP contribution in [0.25, 0.3) is 22.6 Å². The smallest absolute Gasteiger partial charge is 0.166 e. The number of aryl methyl sites for hydroxylation is 2. The lowest BCUT2D eigenvalue weighted by atomic mass is 10.2. The molecule has 2 aromatic heterocycles. The Morgan fingerprint density at radius 2 is 1.77 bits per heavy atom. The maximum absolute atomic E-state index is 6.45. The fraction of sp³-hybridized carbons (Fsp3) is 0.421. The normalized spacial score (nSPS) is 15.8. The molecule has 0 N–H and O–H groups in total. The highest BCUT2D eigenvalue weighted by atomic mass is 35.5. The summed E-state index contributed by atoms with van der Waals surface area (Å²) in [6.07, 6.45) is 0. The van der Waals surface area contributed by atoms with E-state index in [1.54, 1.807) is 0 Å². The summed E-state index contributed by atoms with van der Waals surface area (Å²) >= 11 is 6.45. The van der Waals surface area contributed by atoms with Crippen molar-refractivity contribution in [2.75, 3.05) is 38.1 Å². The zero-order chi connectivity index (χ0) is 18.3. The average molecular weight is 371 g/mol. The van der Waals surface area contributed by atoms with E-state index in [0.29, 0.717) is 5.02 Å². The molecular weight excluding hydrogens is 348 g/mol. The number of hydrogen-bond donors (Lipinski definition) is 0. The van der Waals surface area contributed by atoms with Crippen LogP contribution in [0.1, 0.15) is 12.7 Å². The first kappa shape index (κ1) is 17.2. The molecule has 26 heavy (non-hydrogen) atoms. The quantitative estimate of drug-likeness (QED) is 0.708. The van der Waals surface area contributed by atoms with E-state index in [4.69, 9.17) is 26.6 Å². The molecule has 0 unspecified atom stereocenters. The Morgan fingerprint density at radius 1 is 1.04 bits per heavy atom. The molecule has 7 heteroatoms. The number of benzene rings is 1. The highest BCUT2D eigenvalue weighted by Crippen LogP contribution is 2.32. The molecule has 1 aliphatic heterocycles. The Balaban J connectivity index is 1.91. The van der Waals surface area contributed by atoms with Crippen LogP contribution in [-0.4, -0.2) is 57.6 Å². The summed E-state index contributed by atoms with van der Waals surface area (Å²) in [5.74, 6) is 2.55. The molecule has 4 rings (SSSR count). The van der Waals surface area contributed by atoms with Gasteiger partial charge >= 0.3 is 0 Å². The van der Waals surface area contributed by atoms with E-state index in [0.717, 1.165) is 66.9 Å². The third-order valence-electron chi connectivity index (χ3n) is 4.92. The number of imidazole rings is 1. The molecule has 1 saturated heterocycles. The number of aromatic nitrogens is 4. The molecule has 0 radical (unpaired) electrons. The first-order valence-corrected chi connectivity index (χ1v) is 9.39. The van der Waals surface area contributed by atoms with Gasteiger partial charge in [0.05, 0.1) is 5.02 Å². The summed E-state index contributed by atoms with van der Waals surface area (Å²) in [5, 5.41) is 0.698. The molecule has 0 amide bonds. The van der Waals surface area contributed by atoms with Gasteiger partial charge in [-0.2, -0.15) is 0 Å². The highest BCUT2D eigenvalue weighted by molar-refractivity contribution is 6.33. The lowest BCUT2D eigenvalue weighted by Crippen LogP contribution is -2.45. The molecule has 3 aromatic rings. The summed E-state index contributed by atoms with van der Waals surface area (Å²) in [4.78, 5) is 19.0. The summed E-state index contributed by atoms with van der Waals surface area (Å²) < 4.78 is 2.13. The molecule has 1 aromatic carbocycles. The van der Waals surface area contributed by atoms with Crippen LogP contribution in [-0.2, 0) is 6.54 Å². The van der Waals surface area contributed by atoms with Gasteiger partial charge in [-0.15, -0.1) is 0 Å². The largest absolute Gasteiger partial charge is 0.352 e. The Kier molecular flexibility index (Phi) is 4.54. The van der Waals surface area contributed by atoms with Crippen LogP contribution >= 0.6 is 11.6 Å². The molecule has 0 aliphatic carbocycles. The minimum atomic E-state index is 0.698. The highest BCUT2D eigenvalue weighted by Gasteiger charge is 2.23.